The average molecular weight is 719 g/mol. The van der Waals surface area contributed by atoms with Gasteiger partial charge >= 0.3 is 12.4 Å². The van der Waals surface area contributed by atoms with Crippen molar-refractivity contribution in [1.29, 1.82) is 0 Å². The molecule has 2 aromatic carbocycles. The van der Waals surface area contributed by atoms with Crippen LogP contribution in [0, 0.1) is 0 Å². The third-order valence-corrected chi connectivity index (χ3v) is 8.19. The minimum absolute atomic E-state index is 0.0610. The topological polar surface area (TPSA) is 110 Å². The number of nitrogens with zero attached hydrogens (tertiary/aromatic N) is 6. The maximum Gasteiger partial charge on any atom is 0.419 e. The van der Waals surface area contributed by atoms with Crippen molar-refractivity contribution in [3.05, 3.63) is 83.4 Å². The molecule has 17 heteroatoms. The third kappa shape index (κ3) is 9.26. The maximum atomic E-state index is 13.4. The van der Waals surface area contributed by atoms with Crippen LogP contribution in [0.25, 0.3) is 0 Å². The summed E-state index contributed by atoms with van der Waals surface area (Å²) in [6.07, 6.45) is -5.74. The highest BCUT2D eigenvalue weighted by molar-refractivity contribution is 5.55. The van der Waals surface area contributed by atoms with E-state index in [0.717, 1.165) is 12.1 Å². The van der Waals surface area contributed by atoms with Crippen LogP contribution in [0.2, 0.25) is 0 Å². The second-order valence-electron chi connectivity index (χ2n) is 11.7. The molecule has 0 unspecified atom stereocenters. The van der Waals surface area contributed by atoms with E-state index in [1.165, 1.54) is 48.8 Å². The molecule has 0 saturated carbocycles. The van der Waals surface area contributed by atoms with E-state index >= 15 is 0 Å². The molecule has 2 fully saturated rings. The van der Waals surface area contributed by atoms with Crippen LogP contribution in [-0.4, -0.2) is 85.5 Å². The van der Waals surface area contributed by atoms with Gasteiger partial charge in [-0.05, 0) is 24.3 Å². The number of anilines is 2. The summed E-state index contributed by atoms with van der Waals surface area (Å²) in [5.41, 5.74) is -0.714. The van der Waals surface area contributed by atoms with Crippen LogP contribution in [0.3, 0.4) is 0 Å². The lowest BCUT2D eigenvalue weighted by atomic mass is 10.2. The molecule has 0 atom stereocenters. The van der Waals surface area contributed by atoms with Gasteiger partial charge < -0.3 is 34.6 Å². The van der Waals surface area contributed by atoms with E-state index in [1.807, 2.05) is 9.80 Å². The van der Waals surface area contributed by atoms with Gasteiger partial charge in [-0.1, -0.05) is 24.3 Å². The van der Waals surface area contributed by atoms with E-state index in [4.69, 9.17) is 24.2 Å². The Kier molecular flexibility index (Phi) is 11.2. The van der Waals surface area contributed by atoms with Crippen LogP contribution in [0.5, 0.6) is 23.3 Å². The summed E-state index contributed by atoms with van der Waals surface area (Å²) in [6, 6.07) is 10.1. The molecule has 0 aliphatic carbocycles. The highest BCUT2D eigenvalue weighted by Crippen LogP contribution is 2.38. The van der Waals surface area contributed by atoms with Crippen molar-refractivity contribution in [2.45, 2.75) is 25.2 Å². The van der Waals surface area contributed by atoms with Crippen molar-refractivity contribution in [2.24, 2.45) is 0 Å². The van der Waals surface area contributed by atoms with Crippen molar-refractivity contribution in [1.82, 2.24) is 30.6 Å². The van der Waals surface area contributed by atoms with E-state index < -0.39 is 23.5 Å². The molecule has 0 bridgehead atoms. The van der Waals surface area contributed by atoms with E-state index in [1.54, 1.807) is 0 Å². The summed E-state index contributed by atoms with van der Waals surface area (Å²) >= 11 is 0. The predicted octanol–water partition coefficient (Wildman–Crippen LogP) is 5.16. The largest absolute Gasteiger partial charge is 0.493 e. The van der Waals surface area contributed by atoms with Gasteiger partial charge in [-0.15, -0.1) is 0 Å². The molecule has 6 rings (SSSR count). The minimum Gasteiger partial charge on any atom is -0.493 e. The molecule has 2 saturated heterocycles. The number of alkyl halides is 6. The Bertz CT molecular complexity index is 1640. The number of para-hydroxylation sites is 2. The number of piperazine rings is 2. The maximum absolute atomic E-state index is 13.4. The van der Waals surface area contributed by atoms with Crippen LogP contribution in [0.1, 0.15) is 22.5 Å². The normalized spacial score (nSPS) is 15.5. The molecule has 0 amide bonds. The fourth-order valence-corrected chi connectivity index (χ4v) is 5.63. The van der Waals surface area contributed by atoms with E-state index in [9.17, 15) is 26.3 Å². The number of halogens is 6. The lowest BCUT2D eigenvalue weighted by Crippen LogP contribution is -2.44. The molecule has 0 radical (unpaired) electrons. The molecule has 51 heavy (non-hydrogen) atoms. The van der Waals surface area contributed by atoms with Gasteiger partial charge in [-0.2, -0.15) is 26.3 Å². The average Bonchev–Trinajstić information content (AvgIpc) is 3.13. The lowest BCUT2D eigenvalue weighted by Gasteiger charge is -2.31. The lowest BCUT2D eigenvalue weighted by molar-refractivity contribution is -0.139. The van der Waals surface area contributed by atoms with E-state index in [0.29, 0.717) is 75.4 Å². The number of benzene rings is 2. The van der Waals surface area contributed by atoms with Gasteiger partial charge in [-0.25, -0.2) is 19.9 Å². The first-order valence-corrected chi connectivity index (χ1v) is 16.5. The Hall–Kier alpha value is -4.90. The number of aromatic nitrogens is 4. The van der Waals surface area contributed by atoms with Gasteiger partial charge in [0.15, 0.2) is 11.6 Å². The van der Waals surface area contributed by atoms with Crippen molar-refractivity contribution < 1.29 is 40.6 Å². The Balaban J connectivity index is 1.21. The highest BCUT2D eigenvalue weighted by atomic mass is 19.4. The fraction of sp³-hybridized carbons (Fsp3) is 0.412. The number of ether oxygens (including phenoxy) is 3. The second kappa shape index (κ2) is 16.0. The molecule has 2 aliphatic heterocycles. The summed E-state index contributed by atoms with van der Waals surface area (Å²) < 4.78 is 98.0. The third-order valence-electron chi connectivity index (χ3n) is 8.19. The number of rotatable bonds is 12. The van der Waals surface area contributed by atoms with Gasteiger partial charge in [0.2, 0.25) is 0 Å². The number of nitrogens with one attached hydrogen (secondary N) is 2. The van der Waals surface area contributed by atoms with Crippen molar-refractivity contribution in [3.63, 3.8) is 0 Å². The summed E-state index contributed by atoms with van der Waals surface area (Å²) in [6.45, 7) is 5.08. The van der Waals surface area contributed by atoms with Crippen molar-refractivity contribution in [2.75, 3.05) is 75.4 Å². The molecule has 11 nitrogen and oxygen atoms in total. The van der Waals surface area contributed by atoms with Gasteiger partial charge in [0, 0.05) is 65.2 Å². The zero-order chi connectivity index (χ0) is 35.8. The summed E-state index contributed by atoms with van der Waals surface area (Å²) in [5, 5.41) is 6.58. The first-order valence-electron chi connectivity index (χ1n) is 16.5. The minimum atomic E-state index is -4.55. The van der Waals surface area contributed by atoms with Gasteiger partial charge in [0.25, 0.3) is 11.8 Å². The molecule has 2 N–H and O–H groups in total. The molecule has 2 aliphatic rings. The number of hydrogen-bond acceptors (Lipinski definition) is 11. The summed E-state index contributed by atoms with van der Waals surface area (Å²) in [4.78, 5) is 22.7. The smallest absolute Gasteiger partial charge is 0.419 e. The molecule has 2 aromatic heterocycles. The number of hydrogen-bond donors (Lipinski definition) is 2. The first kappa shape index (κ1) is 35.9. The quantitative estimate of drug-likeness (QED) is 0.190. The van der Waals surface area contributed by atoms with Crippen LogP contribution < -0.4 is 34.6 Å². The van der Waals surface area contributed by atoms with E-state index in [2.05, 4.69) is 20.6 Å². The molecule has 0 spiro atoms. The standard InChI is InChI=1S/C34H36F6N8O3/c35-33(36,37)25-5-1-3-7-27(25)49-19-9-23-21-43-31(29(45-23)47-15-11-41-12-16-47)51-32-30(48-17-13-42-14-18-48)46-24(22-44-32)10-20-50-28-8-4-2-6-26(28)34(38,39)40/h1-8,21-22,41-42H,9-20H2. The summed E-state index contributed by atoms with van der Waals surface area (Å²) in [5.74, 6) is 0.710. The Morgan fingerprint density at radius 3 is 1.37 bits per heavy atom. The van der Waals surface area contributed by atoms with Crippen molar-refractivity contribution in [3.8, 4) is 23.3 Å². The molecule has 272 valence electrons. The van der Waals surface area contributed by atoms with Crippen LogP contribution in [0.15, 0.2) is 60.9 Å². The zero-order valence-corrected chi connectivity index (χ0v) is 27.4. The monoisotopic (exact) mass is 718 g/mol. The van der Waals surface area contributed by atoms with Gasteiger partial charge in [0.05, 0.1) is 48.1 Å². The predicted molar refractivity (Wildman–Crippen MR) is 176 cm³/mol. The van der Waals surface area contributed by atoms with Crippen LogP contribution in [0.4, 0.5) is 38.0 Å². The Morgan fingerprint density at radius 1 is 0.588 bits per heavy atom. The molecule has 4 heterocycles. The second-order valence-corrected chi connectivity index (χ2v) is 11.7. The Labute approximate surface area is 290 Å². The van der Waals surface area contributed by atoms with Gasteiger partial charge in [-0.3, -0.25) is 0 Å². The van der Waals surface area contributed by atoms with Gasteiger partial charge in [0.1, 0.15) is 11.5 Å². The van der Waals surface area contributed by atoms with Crippen molar-refractivity contribution >= 4 is 11.6 Å². The SMILES string of the molecule is FC(F)(F)c1ccccc1OCCc1cnc(Oc2ncc(CCOc3ccccc3C(F)(F)F)nc2N2CCNCC2)c(N2CCNCC2)n1. The molecular weight excluding hydrogens is 682 g/mol. The van der Waals surface area contributed by atoms with E-state index in [-0.39, 0.29) is 49.3 Å². The first-order chi connectivity index (χ1) is 24.6. The van der Waals surface area contributed by atoms with Crippen LogP contribution >= 0.6 is 0 Å². The fourth-order valence-electron chi connectivity index (χ4n) is 5.63. The summed E-state index contributed by atoms with van der Waals surface area (Å²) in [7, 11) is 0. The highest BCUT2D eigenvalue weighted by Gasteiger charge is 2.35. The zero-order valence-electron chi connectivity index (χ0n) is 27.4. The van der Waals surface area contributed by atoms with Crippen LogP contribution in [-0.2, 0) is 25.2 Å². The molecular formula is C34H36F6N8O3. The Morgan fingerprint density at radius 2 is 0.980 bits per heavy atom. The molecule has 4 aromatic rings.